The van der Waals surface area contributed by atoms with E-state index < -0.39 is 11.9 Å². The molecule has 5 nitrogen and oxygen atoms in total. The van der Waals surface area contributed by atoms with Crippen molar-refractivity contribution >= 4 is 11.9 Å². The SMILES string of the molecule is CCN(C(=O)C(CN)c1ccccc1)C(C)CC(=O)O. The van der Waals surface area contributed by atoms with Crippen molar-refractivity contribution in [2.24, 2.45) is 5.73 Å². The molecular weight excluding hydrogens is 256 g/mol. The van der Waals surface area contributed by atoms with Crippen LogP contribution in [0.25, 0.3) is 0 Å². The van der Waals surface area contributed by atoms with E-state index in [0.717, 1.165) is 5.56 Å². The minimum atomic E-state index is -0.909. The van der Waals surface area contributed by atoms with Gasteiger partial charge in [-0.2, -0.15) is 0 Å². The van der Waals surface area contributed by atoms with Crippen molar-refractivity contribution in [3.8, 4) is 0 Å². The molecule has 0 fully saturated rings. The van der Waals surface area contributed by atoms with Crippen LogP contribution in [0.1, 0.15) is 31.7 Å². The Morgan fingerprint density at radius 2 is 1.90 bits per heavy atom. The van der Waals surface area contributed by atoms with E-state index in [-0.39, 0.29) is 24.9 Å². The van der Waals surface area contributed by atoms with Crippen LogP contribution in [0.2, 0.25) is 0 Å². The van der Waals surface area contributed by atoms with Crippen molar-refractivity contribution in [1.29, 1.82) is 0 Å². The molecule has 20 heavy (non-hydrogen) atoms. The Morgan fingerprint density at radius 1 is 1.30 bits per heavy atom. The van der Waals surface area contributed by atoms with Crippen LogP contribution in [0, 0.1) is 0 Å². The molecule has 0 bridgehead atoms. The second kappa shape index (κ2) is 7.65. The molecule has 3 N–H and O–H groups in total. The van der Waals surface area contributed by atoms with Crippen molar-refractivity contribution in [2.45, 2.75) is 32.2 Å². The largest absolute Gasteiger partial charge is 0.481 e. The van der Waals surface area contributed by atoms with Crippen molar-refractivity contribution in [1.82, 2.24) is 4.90 Å². The van der Waals surface area contributed by atoms with Gasteiger partial charge in [0.05, 0.1) is 12.3 Å². The van der Waals surface area contributed by atoms with Crippen molar-refractivity contribution < 1.29 is 14.7 Å². The first kappa shape index (κ1) is 16.2. The predicted octanol–water partition coefficient (Wildman–Crippen LogP) is 1.44. The maximum Gasteiger partial charge on any atom is 0.305 e. The van der Waals surface area contributed by atoms with Crippen LogP contribution in [0.5, 0.6) is 0 Å². The van der Waals surface area contributed by atoms with Gasteiger partial charge in [0, 0.05) is 19.1 Å². The molecule has 1 amide bonds. The predicted molar refractivity (Wildman–Crippen MR) is 77.3 cm³/mol. The highest BCUT2D eigenvalue weighted by molar-refractivity contribution is 5.84. The van der Waals surface area contributed by atoms with Crippen LogP contribution >= 0.6 is 0 Å². The minimum Gasteiger partial charge on any atom is -0.481 e. The van der Waals surface area contributed by atoms with E-state index >= 15 is 0 Å². The summed E-state index contributed by atoms with van der Waals surface area (Å²) in [6, 6.07) is 9.00. The molecule has 2 unspecified atom stereocenters. The van der Waals surface area contributed by atoms with E-state index in [4.69, 9.17) is 10.8 Å². The van der Waals surface area contributed by atoms with Crippen LogP contribution < -0.4 is 5.73 Å². The number of rotatable bonds is 7. The number of hydrogen-bond donors (Lipinski definition) is 2. The van der Waals surface area contributed by atoms with Gasteiger partial charge in [-0.05, 0) is 19.4 Å². The lowest BCUT2D eigenvalue weighted by molar-refractivity contribution is -0.140. The lowest BCUT2D eigenvalue weighted by Gasteiger charge is -2.30. The van der Waals surface area contributed by atoms with Gasteiger partial charge in [0.1, 0.15) is 0 Å². The second-order valence-corrected chi connectivity index (χ2v) is 4.77. The van der Waals surface area contributed by atoms with Gasteiger partial charge < -0.3 is 15.7 Å². The lowest BCUT2D eigenvalue weighted by atomic mass is 9.97. The molecule has 0 radical (unpaired) electrons. The minimum absolute atomic E-state index is 0.0638. The Hall–Kier alpha value is -1.88. The van der Waals surface area contributed by atoms with Gasteiger partial charge in [-0.25, -0.2) is 0 Å². The average molecular weight is 278 g/mol. The van der Waals surface area contributed by atoms with Gasteiger partial charge in [-0.3, -0.25) is 9.59 Å². The van der Waals surface area contributed by atoms with Crippen LogP contribution in [-0.4, -0.2) is 41.0 Å². The number of carboxylic acid groups (broad SMARTS) is 1. The summed E-state index contributed by atoms with van der Waals surface area (Å²) in [5.74, 6) is -1.45. The molecule has 1 rings (SSSR count). The molecule has 0 saturated carbocycles. The molecule has 0 heterocycles. The average Bonchev–Trinajstić information content (AvgIpc) is 2.40. The van der Waals surface area contributed by atoms with E-state index in [1.54, 1.807) is 11.8 Å². The van der Waals surface area contributed by atoms with Crippen LogP contribution in [0.3, 0.4) is 0 Å². The molecular formula is C15H22N2O3. The van der Waals surface area contributed by atoms with Gasteiger partial charge >= 0.3 is 5.97 Å². The molecule has 0 aliphatic rings. The molecule has 1 aromatic carbocycles. The highest BCUT2D eigenvalue weighted by atomic mass is 16.4. The summed E-state index contributed by atoms with van der Waals surface area (Å²) in [5, 5.41) is 8.86. The quantitative estimate of drug-likeness (QED) is 0.790. The zero-order valence-corrected chi connectivity index (χ0v) is 12.0. The van der Waals surface area contributed by atoms with Gasteiger partial charge in [-0.1, -0.05) is 30.3 Å². The third-order valence-corrected chi connectivity index (χ3v) is 3.36. The first-order chi connectivity index (χ1) is 9.51. The summed E-state index contributed by atoms with van der Waals surface area (Å²) >= 11 is 0. The fraction of sp³-hybridized carbons (Fsp3) is 0.467. The fourth-order valence-electron chi connectivity index (χ4n) is 2.31. The Labute approximate surface area is 119 Å². The second-order valence-electron chi connectivity index (χ2n) is 4.77. The van der Waals surface area contributed by atoms with Gasteiger partial charge in [0.2, 0.25) is 5.91 Å². The summed E-state index contributed by atoms with van der Waals surface area (Å²) in [5.41, 5.74) is 6.60. The summed E-state index contributed by atoms with van der Waals surface area (Å²) < 4.78 is 0. The van der Waals surface area contributed by atoms with E-state index in [2.05, 4.69) is 0 Å². The number of aliphatic carboxylic acids is 1. The lowest BCUT2D eigenvalue weighted by Crippen LogP contribution is -2.44. The zero-order chi connectivity index (χ0) is 15.1. The highest BCUT2D eigenvalue weighted by Crippen LogP contribution is 2.19. The number of carbonyl (C=O) groups excluding carboxylic acids is 1. The summed E-state index contributed by atoms with van der Waals surface area (Å²) in [7, 11) is 0. The van der Waals surface area contributed by atoms with E-state index in [0.29, 0.717) is 6.54 Å². The third kappa shape index (κ3) is 4.06. The van der Waals surface area contributed by atoms with Gasteiger partial charge in [-0.15, -0.1) is 0 Å². The molecule has 1 aromatic rings. The first-order valence-electron chi connectivity index (χ1n) is 6.78. The summed E-state index contributed by atoms with van der Waals surface area (Å²) in [6.45, 7) is 4.26. The van der Waals surface area contributed by atoms with Crippen LogP contribution in [0.4, 0.5) is 0 Å². The summed E-state index contributed by atoms with van der Waals surface area (Å²) in [6.07, 6.45) is -0.0638. The van der Waals surface area contributed by atoms with Gasteiger partial charge in [0.15, 0.2) is 0 Å². The maximum atomic E-state index is 12.6. The number of benzene rings is 1. The normalized spacial score (nSPS) is 13.6. The molecule has 0 aliphatic heterocycles. The van der Waals surface area contributed by atoms with Crippen molar-refractivity contribution in [3.63, 3.8) is 0 Å². The number of carboxylic acids is 1. The number of nitrogens with zero attached hydrogens (tertiary/aromatic N) is 1. The Kier molecular flexibility index (Phi) is 6.18. The number of carbonyl (C=O) groups is 2. The number of amides is 1. The Balaban J connectivity index is 2.91. The number of nitrogens with two attached hydrogens (primary N) is 1. The third-order valence-electron chi connectivity index (χ3n) is 3.36. The molecule has 0 saturated heterocycles. The summed E-state index contributed by atoms with van der Waals surface area (Å²) in [4.78, 5) is 25.0. The van der Waals surface area contributed by atoms with E-state index in [9.17, 15) is 9.59 Å². The molecule has 0 spiro atoms. The molecule has 110 valence electrons. The highest BCUT2D eigenvalue weighted by Gasteiger charge is 2.27. The topological polar surface area (TPSA) is 83.6 Å². The first-order valence-corrected chi connectivity index (χ1v) is 6.78. The van der Waals surface area contributed by atoms with E-state index in [1.807, 2.05) is 37.3 Å². The van der Waals surface area contributed by atoms with Crippen LogP contribution in [0.15, 0.2) is 30.3 Å². The standard InChI is InChI=1S/C15H22N2O3/c1-3-17(11(2)9-14(18)19)15(20)13(10-16)12-7-5-4-6-8-12/h4-8,11,13H,3,9-10,16H2,1-2H3,(H,18,19). The Morgan fingerprint density at radius 3 is 2.35 bits per heavy atom. The van der Waals surface area contributed by atoms with E-state index in [1.165, 1.54) is 0 Å². The van der Waals surface area contributed by atoms with Crippen LogP contribution in [-0.2, 0) is 9.59 Å². The van der Waals surface area contributed by atoms with Gasteiger partial charge in [0.25, 0.3) is 0 Å². The number of likely N-dealkylation sites (N-methyl/N-ethyl adjacent to an activating group) is 1. The Bertz CT molecular complexity index is 448. The van der Waals surface area contributed by atoms with Crippen molar-refractivity contribution in [2.75, 3.05) is 13.1 Å². The molecule has 0 aromatic heterocycles. The molecule has 0 aliphatic carbocycles. The fourth-order valence-corrected chi connectivity index (χ4v) is 2.31. The molecule has 5 heteroatoms. The monoisotopic (exact) mass is 278 g/mol. The van der Waals surface area contributed by atoms with Crippen molar-refractivity contribution in [3.05, 3.63) is 35.9 Å². The maximum absolute atomic E-state index is 12.6. The zero-order valence-electron chi connectivity index (χ0n) is 12.0. The number of hydrogen-bond acceptors (Lipinski definition) is 3. The smallest absolute Gasteiger partial charge is 0.305 e. The molecule has 2 atom stereocenters.